The Bertz CT molecular complexity index is 530. The van der Waals surface area contributed by atoms with Gasteiger partial charge < -0.3 is 10.6 Å². The molecule has 0 aromatic carbocycles. The number of hydrogen-bond donors (Lipinski definition) is 2. The molecule has 0 aliphatic heterocycles. The second-order valence-corrected chi connectivity index (χ2v) is 5.85. The molecule has 23 heavy (non-hydrogen) atoms. The molecule has 0 bridgehead atoms. The van der Waals surface area contributed by atoms with Crippen LogP contribution in [-0.4, -0.2) is 28.3 Å². The molecule has 5 nitrogen and oxygen atoms in total. The summed E-state index contributed by atoms with van der Waals surface area (Å²) >= 11 is 0. The predicted octanol–water partition coefficient (Wildman–Crippen LogP) is 2.83. The van der Waals surface area contributed by atoms with Gasteiger partial charge in [-0.15, -0.1) is 0 Å². The van der Waals surface area contributed by atoms with Crippen molar-refractivity contribution in [2.24, 2.45) is 12.0 Å². The van der Waals surface area contributed by atoms with E-state index in [9.17, 15) is 13.2 Å². The normalized spacial score (nSPS) is 17.3. The molecular formula is C15H24F3N5. The molecule has 1 aromatic heterocycles. The fourth-order valence-electron chi connectivity index (χ4n) is 2.82. The number of aryl methyl sites for hydroxylation is 1. The number of nitrogens with one attached hydrogen (secondary N) is 2. The lowest BCUT2D eigenvalue weighted by Gasteiger charge is -2.24. The number of nitrogens with zero attached hydrogens (tertiary/aromatic N) is 3. The Hall–Kier alpha value is -1.73. The second kappa shape index (κ2) is 7.70. The van der Waals surface area contributed by atoms with Gasteiger partial charge in [0, 0.05) is 31.4 Å². The highest BCUT2D eigenvalue weighted by atomic mass is 19.4. The molecule has 0 saturated heterocycles. The van der Waals surface area contributed by atoms with Crippen LogP contribution in [0.4, 0.5) is 13.2 Å². The fourth-order valence-corrected chi connectivity index (χ4v) is 2.82. The zero-order valence-corrected chi connectivity index (χ0v) is 13.6. The minimum Gasteiger partial charge on any atom is -0.357 e. The first-order valence-corrected chi connectivity index (χ1v) is 8.04. The summed E-state index contributed by atoms with van der Waals surface area (Å²) in [7, 11) is 1.48. The summed E-state index contributed by atoms with van der Waals surface area (Å²) in [5, 5.41) is 9.92. The molecule has 1 fully saturated rings. The molecule has 0 amide bonds. The molecule has 1 aliphatic carbocycles. The molecule has 0 unspecified atom stereocenters. The molecular weight excluding hydrogens is 307 g/mol. The number of aromatic nitrogens is 2. The molecule has 130 valence electrons. The summed E-state index contributed by atoms with van der Waals surface area (Å²) in [6.07, 6.45) is 2.67. The number of guanidine groups is 1. The number of rotatable bonds is 4. The van der Waals surface area contributed by atoms with Crippen molar-refractivity contribution in [3.63, 3.8) is 0 Å². The van der Waals surface area contributed by atoms with Crippen molar-refractivity contribution in [2.75, 3.05) is 6.54 Å². The van der Waals surface area contributed by atoms with Crippen LogP contribution in [0.3, 0.4) is 0 Å². The molecule has 8 heteroatoms. The van der Waals surface area contributed by atoms with Crippen molar-refractivity contribution in [1.29, 1.82) is 0 Å². The van der Waals surface area contributed by atoms with E-state index in [0.29, 0.717) is 18.5 Å². The van der Waals surface area contributed by atoms with Crippen LogP contribution < -0.4 is 10.6 Å². The second-order valence-electron chi connectivity index (χ2n) is 5.85. The van der Waals surface area contributed by atoms with E-state index in [1.165, 1.54) is 37.2 Å². The Morgan fingerprint density at radius 3 is 2.65 bits per heavy atom. The minimum atomic E-state index is -4.46. The van der Waals surface area contributed by atoms with Gasteiger partial charge in [-0.3, -0.25) is 4.68 Å². The predicted molar refractivity (Wildman–Crippen MR) is 83.0 cm³/mol. The third-order valence-electron chi connectivity index (χ3n) is 3.87. The first kappa shape index (κ1) is 17.6. The highest BCUT2D eigenvalue weighted by molar-refractivity contribution is 5.80. The lowest BCUT2D eigenvalue weighted by molar-refractivity contribution is -0.142. The standard InChI is InChI=1S/C15H24F3N5/c1-3-19-14(21-12-7-5-4-6-8-12)20-9-11-10-23(2)22-13(11)15(16,17)18/h10,12H,3-9H2,1-2H3,(H2,19,20,21). The number of halogens is 3. The van der Waals surface area contributed by atoms with Gasteiger partial charge in [-0.2, -0.15) is 18.3 Å². The number of hydrogen-bond acceptors (Lipinski definition) is 2. The average molecular weight is 331 g/mol. The van der Waals surface area contributed by atoms with Gasteiger partial charge in [0.05, 0.1) is 6.54 Å². The van der Waals surface area contributed by atoms with Crippen LogP contribution in [0.15, 0.2) is 11.2 Å². The van der Waals surface area contributed by atoms with Crippen molar-refractivity contribution in [2.45, 2.75) is 57.8 Å². The first-order valence-electron chi connectivity index (χ1n) is 8.04. The van der Waals surface area contributed by atoms with Crippen LogP contribution in [-0.2, 0) is 19.8 Å². The molecule has 0 spiro atoms. The third-order valence-corrected chi connectivity index (χ3v) is 3.87. The maximum atomic E-state index is 13.0. The van der Waals surface area contributed by atoms with Gasteiger partial charge in [0.2, 0.25) is 0 Å². The largest absolute Gasteiger partial charge is 0.435 e. The SMILES string of the molecule is CCNC(=NCc1cn(C)nc1C(F)(F)F)NC1CCCCC1. The Balaban J connectivity index is 2.08. The van der Waals surface area contributed by atoms with E-state index in [-0.39, 0.29) is 12.1 Å². The quantitative estimate of drug-likeness (QED) is 0.659. The van der Waals surface area contributed by atoms with Gasteiger partial charge in [-0.25, -0.2) is 4.99 Å². The minimum absolute atomic E-state index is 0.0509. The van der Waals surface area contributed by atoms with Crippen LogP contribution in [0.2, 0.25) is 0 Å². The van der Waals surface area contributed by atoms with Gasteiger partial charge in [-0.1, -0.05) is 19.3 Å². The Morgan fingerprint density at radius 2 is 2.04 bits per heavy atom. The zero-order valence-electron chi connectivity index (χ0n) is 13.6. The highest BCUT2D eigenvalue weighted by Gasteiger charge is 2.36. The highest BCUT2D eigenvalue weighted by Crippen LogP contribution is 2.30. The number of aliphatic imine (C=N–C) groups is 1. The average Bonchev–Trinajstić information content (AvgIpc) is 2.87. The number of alkyl halides is 3. The van der Waals surface area contributed by atoms with Crippen molar-refractivity contribution in [3.05, 3.63) is 17.5 Å². The van der Waals surface area contributed by atoms with Crippen molar-refractivity contribution in [1.82, 2.24) is 20.4 Å². The van der Waals surface area contributed by atoms with Crippen LogP contribution >= 0.6 is 0 Å². The van der Waals surface area contributed by atoms with E-state index in [1.54, 1.807) is 0 Å². The Kier molecular flexibility index (Phi) is 5.90. The van der Waals surface area contributed by atoms with Crippen molar-refractivity contribution >= 4 is 5.96 Å². The van der Waals surface area contributed by atoms with Gasteiger partial charge >= 0.3 is 6.18 Å². The summed E-state index contributed by atoms with van der Waals surface area (Å²) < 4.78 is 40.0. The van der Waals surface area contributed by atoms with Crippen molar-refractivity contribution in [3.8, 4) is 0 Å². The summed E-state index contributed by atoms with van der Waals surface area (Å²) in [5.41, 5.74) is -0.780. The van der Waals surface area contributed by atoms with E-state index >= 15 is 0 Å². The van der Waals surface area contributed by atoms with Crippen LogP contribution in [0, 0.1) is 0 Å². The summed E-state index contributed by atoms with van der Waals surface area (Å²) in [4.78, 5) is 4.31. The van der Waals surface area contributed by atoms with Gasteiger partial charge in [0.1, 0.15) is 0 Å². The van der Waals surface area contributed by atoms with E-state index in [2.05, 4.69) is 20.7 Å². The summed E-state index contributed by atoms with van der Waals surface area (Å²) in [6, 6.07) is 0.345. The lowest BCUT2D eigenvalue weighted by Crippen LogP contribution is -2.44. The smallest absolute Gasteiger partial charge is 0.357 e. The van der Waals surface area contributed by atoms with Crippen LogP contribution in [0.25, 0.3) is 0 Å². The topological polar surface area (TPSA) is 54.2 Å². The molecule has 2 N–H and O–H groups in total. The third kappa shape index (κ3) is 5.14. The zero-order chi connectivity index (χ0) is 16.9. The summed E-state index contributed by atoms with van der Waals surface area (Å²) in [6.45, 7) is 2.55. The van der Waals surface area contributed by atoms with Crippen LogP contribution in [0.5, 0.6) is 0 Å². The van der Waals surface area contributed by atoms with Gasteiger partial charge in [0.15, 0.2) is 11.7 Å². The van der Waals surface area contributed by atoms with E-state index < -0.39 is 11.9 Å². The van der Waals surface area contributed by atoms with E-state index in [0.717, 1.165) is 12.8 Å². The Morgan fingerprint density at radius 1 is 1.35 bits per heavy atom. The van der Waals surface area contributed by atoms with Gasteiger partial charge in [0.25, 0.3) is 0 Å². The molecule has 1 aliphatic rings. The maximum absolute atomic E-state index is 13.0. The molecule has 1 heterocycles. The molecule has 1 aromatic rings. The maximum Gasteiger partial charge on any atom is 0.435 e. The van der Waals surface area contributed by atoms with E-state index in [1.807, 2.05) is 6.92 Å². The van der Waals surface area contributed by atoms with E-state index in [4.69, 9.17) is 0 Å². The van der Waals surface area contributed by atoms with Crippen LogP contribution in [0.1, 0.15) is 50.3 Å². The van der Waals surface area contributed by atoms with Gasteiger partial charge in [-0.05, 0) is 19.8 Å². The van der Waals surface area contributed by atoms with Crippen molar-refractivity contribution < 1.29 is 13.2 Å². The molecule has 1 saturated carbocycles. The summed E-state index contributed by atoms with van der Waals surface area (Å²) in [5.74, 6) is 0.566. The first-order chi connectivity index (χ1) is 10.9. The fraction of sp³-hybridized carbons (Fsp3) is 0.733. The molecule has 2 rings (SSSR count). The lowest BCUT2D eigenvalue weighted by atomic mass is 9.96. The monoisotopic (exact) mass is 331 g/mol. The molecule has 0 radical (unpaired) electrons. The molecule has 0 atom stereocenters. The Labute approximate surface area is 134 Å².